The van der Waals surface area contributed by atoms with Crippen LogP contribution in [0.15, 0.2) is 96.4 Å². The molecule has 1 aromatic heterocycles. The first-order valence-electron chi connectivity index (χ1n) is 9.83. The van der Waals surface area contributed by atoms with Crippen molar-refractivity contribution >= 4 is 28.5 Å². The largest absolute Gasteiger partial charge is 0.324 e. The summed E-state index contributed by atoms with van der Waals surface area (Å²) in [5, 5.41) is 9.56. The molecule has 6 heteroatoms. The topological polar surface area (TPSA) is 53.4 Å². The summed E-state index contributed by atoms with van der Waals surface area (Å²) in [6.45, 7) is 6.24. The lowest BCUT2D eigenvalue weighted by molar-refractivity contribution is 0.460. The van der Waals surface area contributed by atoms with E-state index in [0.29, 0.717) is 17.2 Å². The molecule has 1 N–H and O–H groups in total. The Morgan fingerprint density at radius 2 is 1.74 bits per heavy atom. The van der Waals surface area contributed by atoms with Crippen molar-refractivity contribution in [1.82, 2.24) is 15.0 Å². The molecule has 31 heavy (non-hydrogen) atoms. The van der Waals surface area contributed by atoms with Gasteiger partial charge in [-0.15, -0.1) is 0 Å². The molecule has 5 nitrogen and oxygen atoms in total. The van der Waals surface area contributed by atoms with Crippen molar-refractivity contribution in [3.05, 3.63) is 108 Å². The lowest BCUT2D eigenvalue weighted by Gasteiger charge is -2.24. The maximum atomic E-state index is 13.5. The number of hydrazone groups is 1. The molecule has 0 fully saturated rings. The molecule has 0 amide bonds. The predicted octanol–water partition coefficient (Wildman–Crippen LogP) is 5.66. The number of halogens is 1. The van der Waals surface area contributed by atoms with Crippen molar-refractivity contribution in [3.63, 3.8) is 0 Å². The van der Waals surface area contributed by atoms with Gasteiger partial charge in [0.25, 0.3) is 0 Å². The van der Waals surface area contributed by atoms with Crippen molar-refractivity contribution in [2.24, 2.45) is 5.10 Å². The van der Waals surface area contributed by atoms with Crippen LogP contribution in [0.25, 0.3) is 11.1 Å². The van der Waals surface area contributed by atoms with Gasteiger partial charge in [-0.1, -0.05) is 36.9 Å². The molecule has 0 atom stereocenters. The fourth-order valence-corrected chi connectivity index (χ4v) is 3.32. The maximum absolute atomic E-state index is 13.5. The van der Waals surface area contributed by atoms with Crippen molar-refractivity contribution in [2.75, 3.05) is 12.4 Å². The van der Waals surface area contributed by atoms with Gasteiger partial charge < -0.3 is 5.32 Å². The van der Waals surface area contributed by atoms with Crippen molar-refractivity contribution < 1.29 is 4.39 Å². The van der Waals surface area contributed by atoms with E-state index in [9.17, 15) is 4.39 Å². The standard InChI is InChI=1S/C25H22FN5/c1-17-9-14-23(31(3)30-17)24(18(2)19-10-12-20(26)13-11-19)22-15-16-27-25(29-22)28-21-7-5-4-6-8-21/h4-16H,2H2,1,3H3,(H,27,28,29)/b24-23+. The van der Waals surface area contributed by atoms with Crippen molar-refractivity contribution in [1.29, 1.82) is 0 Å². The number of nitrogens with zero attached hydrogens (tertiary/aromatic N) is 4. The van der Waals surface area contributed by atoms with Crippen LogP contribution in [0.2, 0.25) is 0 Å². The normalized spacial score (nSPS) is 14.8. The first-order chi connectivity index (χ1) is 15.0. The van der Waals surface area contributed by atoms with E-state index in [2.05, 4.69) is 22.0 Å². The number of likely N-dealkylation sites (N-methyl/N-ethyl adjacent to an activating group) is 1. The van der Waals surface area contributed by atoms with E-state index in [1.165, 1.54) is 12.1 Å². The Bertz CT molecular complexity index is 1190. The molecule has 0 bridgehead atoms. The van der Waals surface area contributed by atoms with Gasteiger partial charge in [-0.05, 0) is 60.5 Å². The molecule has 0 radical (unpaired) electrons. The summed E-state index contributed by atoms with van der Waals surface area (Å²) in [6, 6.07) is 17.8. The van der Waals surface area contributed by atoms with E-state index in [1.54, 1.807) is 23.3 Å². The van der Waals surface area contributed by atoms with Crippen molar-refractivity contribution in [3.8, 4) is 0 Å². The number of aromatic nitrogens is 2. The Kier molecular flexibility index (Phi) is 5.71. The molecule has 3 aromatic rings. The highest BCUT2D eigenvalue weighted by Crippen LogP contribution is 2.34. The highest BCUT2D eigenvalue weighted by Gasteiger charge is 2.20. The van der Waals surface area contributed by atoms with Gasteiger partial charge in [0.15, 0.2) is 0 Å². The molecular weight excluding hydrogens is 389 g/mol. The quantitative estimate of drug-likeness (QED) is 0.588. The number of anilines is 2. The minimum Gasteiger partial charge on any atom is -0.324 e. The van der Waals surface area contributed by atoms with Crippen LogP contribution < -0.4 is 5.32 Å². The lowest BCUT2D eigenvalue weighted by atomic mass is 9.94. The van der Waals surface area contributed by atoms with Crippen molar-refractivity contribution in [2.45, 2.75) is 6.92 Å². The summed E-state index contributed by atoms with van der Waals surface area (Å²) in [4.78, 5) is 9.09. The summed E-state index contributed by atoms with van der Waals surface area (Å²) in [7, 11) is 1.88. The van der Waals surface area contributed by atoms with E-state index in [0.717, 1.165) is 28.2 Å². The summed E-state index contributed by atoms with van der Waals surface area (Å²) in [6.07, 6.45) is 5.63. The minimum atomic E-state index is -0.294. The number of hydrogen-bond acceptors (Lipinski definition) is 5. The Morgan fingerprint density at radius 3 is 2.45 bits per heavy atom. The van der Waals surface area contributed by atoms with Gasteiger partial charge >= 0.3 is 0 Å². The molecule has 4 rings (SSSR count). The van der Waals surface area contributed by atoms with Gasteiger partial charge in [0.1, 0.15) is 5.82 Å². The minimum absolute atomic E-state index is 0.294. The van der Waals surface area contributed by atoms with E-state index >= 15 is 0 Å². The van der Waals surface area contributed by atoms with Crippen LogP contribution in [0.3, 0.4) is 0 Å². The fraction of sp³-hybridized carbons (Fsp3) is 0.0800. The van der Waals surface area contributed by atoms with Gasteiger partial charge in [-0.3, -0.25) is 5.01 Å². The molecule has 0 saturated heterocycles. The number of nitrogens with one attached hydrogen (secondary N) is 1. The lowest BCUT2D eigenvalue weighted by Crippen LogP contribution is -2.17. The zero-order valence-corrected chi connectivity index (χ0v) is 17.4. The molecule has 154 valence electrons. The second-order valence-corrected chi connectivity index (χ2v) is 7.10. The third kappa shape index (κ3) is 4.59. The Balaban J connectivity index is 1.80. The SMILES string of the molecule is C=C(/C(=C1/C=CC(C)=NN1C)c1ccnc(Nc2ccccc2)n1)c1ccc(F)cc1. The van der Waals surface area contributed by atoms with Gasteiger partial charge in [0.2, 0.25) is 5.95 Å². The third-order valence-electron chi connectivity index (χ3n) is 4.83. The molecule has 1 aliphatic heterocycles. The molecule has 0 unspecified atom stereocenters. The summed E-state index contributed by atoms with van der Waals surface area (Å²) < 4.78 is 13.5. The molecule has 2 aromatic carbocycles. The first-order valence-corrected chi connectivity index (χ1v) is 9.83. The Labute approximate surface area is 181 Å². The monoisotopic (exact) mass is 411 g/mol. The van der Waals surface area contributed by atoms with Gasteiger partial charge in [-0.2, -0.15) is 5.10 Å². The third-order valence-corrected chi connectivity index (χ3v) is 4.83. The van der Waals surface area contributed by atoms with Gasteiger partial charge in [-0.25, -0.2) is 14.4 Å². The highest BCUT2D eigenvalue weighted by molar-refractivity contribution is 6.06. The number of benzene rings is 2. The molecule has 0 spiro atoms. The highest BCUT2D eigenvalue weighted by atomic mass is 19.1. The van der Waals surface area contributed by atoms with Gasteiger partial charge in [0.05, 0.1) is 17.1 Å². The van der Waals surface area contributed by atoms with Crippen LogP contribution in [-0.4, -0.2) is 27.7 Å². The molecule has 2 heterocycles. The van der Waals surface area contributed by atoms with Crippen LogP contribution in [0.1, 0.15) is 18.2 Å². The zero-order chi connectivity index (χ0) is 21.8. The Morgan fingerprint density at radius 1 is 1.00 bits per heavy atom. The number of allylic oxidation sites excluding steroid dienone is 4. The van der Waals surface area contributed by atoms with Gasteiger partial charge in [0, 0.05) is 24.5 Å². The van der Waals surface area contributed by atoms with E-state index < -0.39 is 0 Å². The average molecular weight is 411 g/mol. The summed E-state index contributed by atoms with van der Waals surface area (Å²) >= 11 is 0. The van der Waals surface area contributed by atoms with E-state index in [1.807, 2.05) is 62.5 Å². The predicted molar refractivity (Wildman–Crippen MR) is 124 cm³/mol. The molecule has 0 aliphatic carbocycles. The fourth-order valence-electron chi connectivity index (χ4n) is 3.32. The molecule has 0 saturated carbocycles. The maximum Gasteiger partial charge on any atom is 0.227 e. The number of hydrogen-bond donors (Lipinski definition) is 1. The van der Waals surface area contributed by atoms with Crippen LogP contribution in [0.5, 0.6) is 0 Å². The number of rotatable bonds is 5. The molecular formula is C25H22FN5. The first kappa shape index (κ1) is 20.2. The second-order valence-electron chi connectivity index (χ2n) is 7.10. The van der Waals surface area contributed by atoms with Crippen LogP contribution >= 0.6 is 0 Å². The van der Waals surface area contributed by atoms with Crippen LogP contribution in [0, 0.1) is 5.82 Å². The number of para-hydroxylation sites is 1. The summed E-state index contributed by atoms with van der Waals surface area (Å²) in [5.74, 6) is 0.174. The Hall–Kier alpha value is -4.06. The van der Waals surface area contributed by atoms with E-state index in [4.69, 9.17) is 4.98 Å². The molecule has 1 aliphatic rings. The van der Waals surface area contributed by atoms with Crippen LogP contribution in [-0.2, 0) is 0 Å². The van der Waals surface area contributed by atoms with E-state index in [-0.39, 0.29) is 5.82 Å². The van der Waals surface area contributed by atoms with Crippen LogP contribution in [0.4, 0.5) is 16.0 Å². The average Bonchev–Trinajstić information content (AvgIpc) is 2.77. The zero-order valence-electron chi connectivity index (χ0n) is 17.4. The summed E-state index contributed by atoms with van der Waals surface area (Å²) in [5.41, 5.74) is 5.61. The smallest absolute Gasteiger partial charge is 0.227 e. The second kappa shape index (κ2) is 8.75.